The number of carbonyl (C=O) groups is 1. The molecule has 42 heavy (non-hydrogen) atoms. The lowest BCUT2D eigenvalue weighted by Crippen LogP contribution is -2.38. The van der Waals surface area contributed by atoms with Crippen LogP contribution < -0.4 is 0 Å². The van der Waals surface area contributed by atoms with E-state index < -0.39 is 16.4 Å². The molecule has 1 N–H and O–H groups in total. The highest BCUT2D eigenvalue weighted by atomic mass is 16.6. The van der Waals surface area contributed by atoms with E-state index in [0.29, 0.717) is 16.6 Å². The molecule has 0 bridgehead atoms. The first-order valence-corrected chi connectivity index (χ1v) is 13.2. The van der Waals surface area contributed by atoms with Gasteiger partial charge in [0, 0.05) is 35.5 Å². The number of nitro benzene ring substituents is 1. The molecule has 6 aromatic rings. The predicted molar refractivity (Wildman–Crippen MR) is 161 cm³/mol. The number of benzene rings is 4. The van der Waals surface area contributed by atoms with Crippen LogP contribution in [-0.2, 0) is 10.3 Å². The van der Waals surface area contributed by atoms with Crippen molar-refractivity contribution in [3.63, 3.8) is 0 Å². The molecule has 0 amide bonds. The minimum Gasteiger partial charge on any atom is -0.478 e. The lowest BCUT2D eigenvalue weighted by Gasteiger charge is -2.37. The predicted octanol–water partition coefficient (Wildman–Crippen LogP) is 6.94. The molecule has 0 aliphatic rings. The second-order valence-corrected chi connectivity index (χ2v) is 9.66. The number of carboxylic acid groups (broad SMARTS) is 1. The van der Waals surface area contributed by atoms with Crippen LogP contribution in [0.2, 0.25) is 0 Å². The number of fused-ring (bicyclic) bond motifs is 1. The molecule has 0 unspecified atom stereocenters. The molecule has 0 aliphatic heterocycles. The van der Waals surface area contributed by atoms with E-state index in [-0.39, 0.29) is 11.3 Å². The average Bonchev–Trinajstić information content (AvgIpc) is 3.40. The highest BCUT2D eigenvalue weighted by molar-refractivity contribution is 5.98. The van der Waals surface area contributed by atoms with Crippen LogP contribution in [0.4, 0.5) is 5.69 Å². The van der Waals surface area contributed by atoms with Crippen molar-refractivity contribution in [2.75, 3.05) is 0 Å². The topological polar surface area (TPSA) is 111 Å². The van der Waals surface area contributed by atoms with Gasteiger partial charge in [-0.2, -0.15) is 5.10 Å². The Bertz CT molecular complexity index is 1820. The fraction of sp³-hybridized carbons (Fsp3) is 0.0294. The maximum absolute atomic E-state index is 12.3. The zero-order chi connectivity index (χ0) is 29.1. The number of nitro groups is 1. The summed E-state index contributed by atoms with van der Waals surface area (Å²) >= 11 is 0. The molecule has 204 valence electrons. The molecule has 0 radical (unpaired) electrons. The summed E-state index contributed by atoms with van der Waals surface area (Å²) in [6.07, 6.45) is 5.46. The van der Waals surface area contributed by atoms with Crippen LogP contribution in [0.5, 0.6) is 0 Å². The molecule has 0 atom stereocenters. The summed E-state index contributed by atoms with van der Waals surface area (Å²) in [7, 11) is 0. The molecular formula is C34H24N4O4. The molecule has 8 nitrogen and oxygen atoms in total. The quantitative estimate of drug-likeness (QED) is 0.0947. The van der Waals surface area contributed by atoms with E-state index in [2.05, 4.69) is 4.98 Å². The monoisotopic (exact) mass is 552 g/mol. The van der Waals surface area contributed by atoms with Gasteiger partial charge in [0.2, 0.25) is 0 Å². The lowest BCUT2D eigenvalue weighted by atomic mass is 9.77. The Morgan fingerprint density at radius 2 is 1.33 bits per heavy atom. The number of rotatable bonds is 8. The summed E-state index contributed by atoms with van der Waals surface area (Å²) in [6, 6.07) is 36.5. The maximum Gasteiger partial charge on any atom is 0.328 e. The summed E-state index contributed by atoms with van der Waals surface area (Å²) in [5, 5.41) is 27.5. The van der Waals surface area contributed by atoms with Gasteiger partial charge in [-0.05, 0) is 41.0 Å². The summed E-state index contributed by atoms with van der Waals surface area (Å²) in [6.45, 7) is 0. The van der Waals surface area contributed by atoms with Gasteiger partial charge in [-0.15, -0.1) is 0 Å². The minimum absolute atomic E-state index is 0.162. The van der Waals surface area contributed by atoms with E-state index in [0.717, 1.165) is 28.3 Å². The smallest absolute Gasteiger partial charge is 0.328 e. The number of carboxylic acids is 1. The van der Waals surface area contributed by atoms with Crippen LogP contribution in [0.1, 0.15) is 22.3 Å². The van der Waals surface area contributed by atoms with Crippen molar-refractivity contribution in [2.24, 2.45) is 0 Å². The molecule has 0 aliphatic carbocycles. The third-order valence-electron chi connectivity index (χ3n) is 7.28. The molecule has 0 saturated heterocycles. The van der Waals surface area contributed by atoms with Gasteiger partial charge in [0.05, 0.1) is 16.0 Å². The maximum atomic E-state index is 12.3. The second kappa shape index (κ2) is 10.9. The van der Waals surface area contributed by atoms with Gasteiger partial charge >= 0.3 is 5.97 Å². The molecule has 4 aromatic carbocycles. The summed E-state index contributed by atoms with van der Waals surface area (Å²) in [5.74, 6) is -1.20. The van der Waals surface area contributed by atoms with E-state index in [1.165, 1.54) is 12.1 Å². The summed E-state index contributed by atoms with van der Waals surface area (Å²) in [4.78, 5) is 27.3. The van der Waals surface area contributed by atoms with Gasteiger partial charge in [-0.1, -0.05) is 91.0 Å². The Balaban J connectivity index is 1.82. The van der Waals surface area contributed by atoms with Gasteiger partial charge in [-0.25, -0.2) is 9.48 Å². The number of aliphatic carboxylic acids is 1. The first kappa shape index (κ1) is 26.3. The van der Waals surface area contributed by atoms with Gasteiger partial charge < -0.3 is 5.11 Å². The largest absolute Gasteiger partial charge is 0.478 e. The molecule has 2 heterocycles. The standard InChI is InChI=1S/C34H24N4O4/c39-32(40)17-16-25-22-29-31(23-30(25)38(41)42)37(36-33(29)24-18-20-35-21-19-24)34(26-10-4-1-5-11-26,27-12-6-2-7-13-27)28-14-8-3-9-15-28/h1-23H,(H,39,40). The highest BCUT2D eigenvalue weighted by Crippen LogP contribution is 2.45. The van der Waals surface area contributed by atoms with Crippen molar-refractivity contribution in [1.82, 2.24) is 14.8 Å². The Kier molecular flexibility index (Phi) is 6.86. The fourth-order valence-electron chi connectivity index (χ4n) is 5.50. The van der Waals surface area contributed by atoms with Crippen LogP contribution in [0.25, 0.3) is 28.2 Å². The number of pyridine rings is 1. The third-order valence-corrected chi connectivity index (χ3v) is 7.28. The first-order chi connectivity index (χ1) is 20.5. The SMILES string of the molecule is O=C(O)C=Cc1cc2c(-c3ccncc3)nn(C(c3ccccc3)(c3ccccc3)c3ccccc3)c2cc1[N+](=O)[O-]. The first-order valence-electron chi connectivity index (χ1n) is 13.2. The lowest BCUT2D eigenvalue weighted by molar-refractivity contribution is -0.385. The second-order valence-electron chi connectivity index (χ2n) is 9.66. The Morgan fingerprint density at radius 1 is 0.810 bits per heavy atom. The Labute approximate surface area is 241 Å². The number of nitrogens with zero attached hydrogens (tertiary/aromatic N) is 4. The summed E-state index contributed by atoms with van der Waals surface area (Å²) in [5.41, 5.74) is 3.48. The van der Waals surface area contributed by atoms with Crippen LogP contribution >= 0.6 is 0 Å². The number of aromatic nitrogens is 3. The normalized spacial score (nSPS) is 11.6. The van der Waals surface area contributed by atoms with Crippen molar-refractivity contribution >= 4 is 28.6 Å². The zero-order valence-corrected chi connectivity index (χ0v) is 22.2. The van der Waals surface area contributed by atoms with Crippen molar-refractivity contribution in [3.05, 3.63) is 166 Å². The number of hydrogen-bond acceptors (Lipinski definition) is 5. The van der Waals surface area contributed by atoms with Crippen molar-refractivity contribution < 1.29 is 14.8 Å². The molecule has 6 rings (SSSR count). The van der Waals surface area contributed by atoms with E-state index in [1.54, 1.807) is 18.5 Å². The Hall–Kier alpha value is -5.89. The highest BCUT2D eigenvalue weighted by Gasteiger charge is 2.41. The molecule has 0 saturated carbocycles. The zero-order valence-electron chi connectivity index (χ0n) is 22.2. The van der Waals surface area contributed by atoms with Crippen molar-refractivity contribution in [1.29, 1.82) is 0 Å². The van der Waals surface area contributed by atoms with Crippen LogP contribution in [0.15, 0.2) is 134 Å². The van der Waals surface area contributed by atoms with Crippen LogP contribution in [0, 0.1) is 10.1 Å². The van der Waals surface area contributed by atoms with E-state index in [1.807, 2.05) is 108 Å². The summed E-state index contributed by atoms with van der Waals surface area (Å²) < 4.78 is 1.86. The van der Waals surface area contributed by atoms with Crippen LogP contribution in [0.3, 0.4) is 0 Å². The minimum atomic E-state index is -1.20. The molecule has 8 heteroatoms. The van der Waals surface area contributed by atoms with Crippen molar-refractivity contribution in [3.8, 4) is 11.3 Å². The van der Waals surface area contributed by atoms with E-state index in [9.17, 15) is 20.0 Å². The van der Waals surface area contributed by atoms with Crippen molar-refractivity contribution in [2.45, 2.75) is 5.54 Å². The van der Waals surface area contributed by atoms with E-state index in [4.69, 9.17) is 5.10 Å². The number of hydrogen-bond donors (Lipinski definition) is 1. The third kappa shape index (κ3) is 4.50. The van der Waals surface area contributed by atoms with Gasteiger partial charge in [-0.3, -0.25) is 15.1 Å². The molecular weight excluding hydrogens is 528 g/mol. The van der Waals surface area contributed by atoms with Gasteiger partial charge in [0.25, 0.3) is 5.69 Å². The average molecular weight is 553 g/mol. The van der Waals surface area contributed by atoms with Gasteiger partial charge in [0.15, 0.2) is 0 Å². The fourth-order valence-corrected chi connectivity index (χ4v) is 5.50. The van der Waals surface area contributed by atoms with Crippen LogP contribution in [-0.4, -0.2) is 30.8 Å². The Morgan fingerprint density at radius 3 is 1.81 bits per heavy atom. The molecule has 0 spiro atoms. The molecule has 2 aromatic heterocycles. The van der Waals surface area contributed by atoms with E-state index >= 15 is 0 Å². The van der Waals surface area contributed by atoms with Gasteiger partial charge in [0.1, 0.15) is 11.2 Å². The molecule has 0 fully saturated rings.